The SMILES string of the molecule is CNC(CCOCCOC)CC(F)(F)F. The summed E-state index contributed by atoms with van der Waals surface area (Å²) in [5, 5.41) is 2.62. The molecule has 0 aromatic carbocycles. The molecular formula is C9H18F3NO2. The maximum atomic E-state index is 12.0. The van der Waals surface area contributed by atoms with E-state index in [0.717, 1.165) is 0 Å². The number of hydrogen-bond acceptors (Lipinski definition) is 3. The molecule has 0 fully saturated rings. The van der Waals surface area contributed by atoms with E-state index in [4.69, 9.17) is 9.47 Å². The fraction of sp³-hybridized carbons (Fsp3) is 1.00. The zero-order valence-corrected chi connectivity index (χ0v) is 9.06. The quantitative estimate of drug-likeness (QED) is 0.641. The normalized spacial score (nSPS) is 14.2. The van der Waals surface area contributed by atoms with Gasteiger partial charge in [-0.1, -0.05) is 0 Å². The smallest absolute Gasteiger partial charge is 0.382 e. The van der Waals surface area contributed by atoms with Crippen LogP contribution >= 0.6 is 0 Å². The third kappa shape index (κ3) is 9.96. The van der Waals surface area contributed by atoms with Crippen LogP contribution in [0.2, 0.25) is 0 Å². The van der Waals surface area contributed by atoms with E-state index in [9.17, 15) is 13.2 Å². The zero-order chi connectivity index (χ0) is 11.7. The molecule has 15 heavy (non-hydrogen) atoms. The first kappa shape index (κ1) is 14.7. The van der Waals surface area contributed by atoms with Gasteiger partial charge in [0.2, 0.25) is 0 Å². The fourth-order valence-electron chi connectivity index (χ4n) is 1.10. The predicted molar refractivity (Wildman–Crippen MR) is 50.8 cm³/mol. The Morgan fingerprint density at radius 2 is 1.87 bits per heavy atom. The molecule has 3 nitrogen and oxygen atoms in total. The van der Waals surface area contributed by atoms with Crippen LogP contribution in [-0.4, -0.2) is 46.2 Å². The van der Waals surface area contributed by atoms with Crippen LogP contribution in [0.4, 0.5) is 13.2 Å². The number of halogens is 3. The number of ether oxygens (including phenoxy) is 2. The molecule has 0 aliphatic rings. The third-order valence-electron chi connectivity index (χ3n) is 1.93. The molecule has 1 unspecified atom stereocenters. The molecule has 92 valence electrons. The lowest BCUT2D eigenvalue weighted by molar-refractivity contribution is -0.140. The first-order valence-electron chi connectivity index (χ1n) is 4.80. The Morgan fingerprint density at radius 3 is 2.33 bits per heavy atom. The Hall–Kier alpha value is -0.330. The lowest BCUT2D eigenvalue weighted by Gasteiger charge is -2.17. The largest absolute Gasteiger partial charge is 0.390 e. The van der Waals surface area contributed by atoms with Gasteiger partial charge in [-0.3, -0.25) is 0 Å². The van der Waals surface area contributed by atoms with Crippen molar-refractivity contribution in [2.45, 2.75) is 25.1 Å². The molecule has 0 aliphatic heterocycles. The van der Waals surface area contributed by atoms with Gasteiger partial charge in [0.05, 0.1) is 19.6 Å². The highest BCUT2D eigenvalue weighted by molar-refractivity contribution is 4.68. The lowest BCUT2D eigenvalue weighted by Crippen LogP contribution is -2.32. The van der Waals surface area contributed by atoms with Crippen molar-refractivity contribution in [1.29, 1.82) is 0 Å². The van der Waals surface area contributed by atoms with E-state index >= 15 is 0 Å². The van der Waals surface area contributed by atoms with Crippen molar-refractivity contribution in [1.82, 2.24) is 5.32 Å². The molecule has 0 aromatic rings. The second-order valence-corrected chi connectivity index (χ2v) is 3.20. The summed E-state index contributed by atoms with van der Waals surface area (Å²) in [5.74, 6) is 0. The van der Waals surface area contributed by atoms with Gasteiger partial charge in [-0.25, -0.2) is 0 Å². The molecule has 0 heterocycles. The van der Waals surface area contributed by atoms with Crippen molar-refractivity contribution >= 4 is 0 Å². The summed E-state index contributed by atoms with van der Waals surface area (Å²) in [5.41, 5.74) is 0. The molecule has 0 saturated heterocycles. The van der Waals surface area contributed by atoms with E-state index in [1.807, 2.05) is 0 Å². The van der Waals surface area contributed by atoms with Gasteiger partial charge in [0.25, 0.3) is 0 Å². The van der Waals surface area contributed by atoms with E-state index < -0.39 is 18.6 Å². The van der Waals surface area contributed by atoms with Crippen LogP contribution in [0.25, 0.3) is 0 Å². The number of nitrogens with one attached hydrogen (secondary N) is 1. The molecule has 0 radical (unpaired) electrons. The zero-order valence-electron chi connectivity index (χ0n) is 9.06. The Bertz CT molecular complexity index is 153. The summed E-state index contributed by atoms with van der Waals surface area (Å²) in [6.07, 6.45) is -4.60. The minimum atomic E-state index is -4.12. The number of rotatable bonds is 8. The van der Waals surface area contributed by atoms with E-state index in [2.05, 4.69) is 5.32 Å². The first-order chi connectivity index (χ1) is 6.99. The predicted octanol–water partition coefficient (Wildman–Crippen LogP) is 1.58. The molecule has 0 bridgehead atoms. The molecule has 0 saturated carbocycles. The molecule has 0 spiro atoms. The maximum Gasteiger partial charge on any atom is 0.390 e. The third-order valence-corrected chi connectivity index (χ3v) is 1.93. The van der Waals surface area contributed by atoms with Crippen molar-refractivity contribution in [2.75, 3.05) is 34.0 Å². The van der Waals surface area contributed by atoms with Gasteiger partial charge >= 0.3 is 6.18 Å². The van der Waals surface area contributed by atoms with Crippen LogP contribution in [0.15, 0.2) is 0 Å². The van der Waals surface area contributed by atoms with Gasteiger partial charge < -0.3 is 14.8 Å². The number of methoxy groups -OCH3 is 1. The van der Waals surface area contributed by atoms with Gasteiger partial charge in [-0.2, -0.15) is 13.2 Å². The highest BCUT2D eigenvalue weighted by Gasteiger charge is 2.30. The van der Waals surface area contributed by atoms with Crippen molar-refractivity contribution in [3.63, 3.8) is 0 Å². The van der Waals surface area contributed by atoms with E-state index in [0.29, 0.717) is 26.2 Å². The minimum Gasteiger partial charge on any atom is -0.382 e. The summed E-state index contributed by atoms with van der Waals surface area (Å²) in [7, 11) is 3.06. The monoisotopic (exact) mass is 229 g/mol. The molecule has 0 aromatic heterocycles. The van der Waals surface area contributed by atoms with Crippen molar-refractivity contribution in [3.05, 3.63) is 0 Å². The van der Waals surface area contributed by atoms with Gasteiger partial charge in [0.15, 0.2) is 0 Å². The topological polar surface area (TPSA) is 30.5 Å². The van der Waals surface area contributed by atoms with Gasteiger partial charge in [-0.15, -0.1) is 0 Å². The molecule has 1 atom stereocenters. The average Bonchev–Trinajstić information content (AvgIpc) is 2.14. The van der Waals surface area contributed by atoms with E-state index in [1.165, 1.54) is 7.05 Å². The van der Waals surface area contributed by atoms with Crippen LogP contribution in [-0.2, 0) is 9.47 Å². The molecule has 1 N–H and O–H groups in total. The first-order valence-corrected chi connectivity index (χ1v) is 4.80. The molecular weight excluding hydrogens is 211 g/mol. The summed E-state index contributed by atoms with van der Waals surface area (Å²) >= 11 is 0. The standard InChI is InChI=1S/C9H18F3NO2/c1-13-8(7-9(10,11)12)3-4-15-6-5-14-2/h8,13H,3-7H2,1-2H3. The van der Waals surface area contributed by atoms with Gasteiger partial charge in [0.1, 0.15) is 0 Å². The Balaban J connectivity index is 3.53. The number of hydrogen-bond donors (Lipinski definition) is 1. The fourth-order valence-corrected chi connectivity index (χ4v) is 1.10. The lowest BCUT2D eigenvalue weighted by atomic mass is 10.1. The summed E-state index contributed by atoms with van der Waals surface area (Å²) in [6.45, 7) is 1.19. The minimum absolute atomic E-state index is 0.310. The molecule has 0 rings (SSSR count). The van der Waals surface area contributed by atoms with E-state index in [1.54, 1.807) is 7.11 Å². The second-order valence-electron chi connectivity index (χ2n) is 3.20. The molecule has 0 aliphatic carbocycles. The van der Waals surface area contributed by atoms with Gasteiger partial charge in [0, 0.05) is 19.8 Å². The summed E-state index contributed by atoms with van der Waals surface area (Å²) in [6, 6.07) is -0.576. The second kappa shape index (κ2) is 7.90. The average molecular weight is 229 g/mol. The Morgan fingerprint density at radius 1 is 1.20 bits per heavy atom. The summed E-state index contributed by atoms with van der Waals surface area (Å²) in [4.78, 5) is 0. The Kier molecular flexibility index (Phi) is 7.72. The number of alkyl halides is 3. The van der Waals surface area contributed by atoms with Crippen LogP contribution < -0.4 is 5.32 Å². The van der Waals surface area contributed by atoms with Crippen LogP contribution in [0, 0.1) is 0 Å². The van der Waals surface area contributed by atoms with Crippen LogP contribution in [0.5, 0.6) is 0 Å². The van der Waals surface area contributed by atoms with Crippen LogP contribution in [0.1, 0.15) is 12.8 Å². The van der Waals surface area contributed by atoms with Gasteiger partial charge in [-0.05, 0) is 13.5 Å². The maximum absolute atomic E-state index is 12.0. The summed E-state index contributed by atoms with van der Waals surface area (Å²) < 4.78 is 45.9. The molecule has 6 heteroatoms. The highest BCUT2D eigenvalue weighted by Crippen LogP contribution is 2.22. The van der Waals surface area contributed by atoms with Crippen LogP contribution in [0.3, 0.4) is 0 Å². The highest BCUT2D eigenvalue weighted by atomic mass is 19.4. The molecule has 0 amide bonds. The van der Waals surface area contributed by atoms with Crippen molar-refractivity contribution in [2.24, 2.45) is 0 Å². The Labute approximate surface area is 87.9 Å². The van der Waals surface area contributed by atoms with Crippen molar-refractivity contribution in [3.8, 4) is 0 Å². The van der Waals surface area contributed by atoms with Crippen molar-refractivity contribution < 1.29 is 22.6 Å². The van der Waals surface area contributed by atoms with E-state index in [-0.39, 0.29) is 0 Å².